The first kappa shape index (κ1) is 18.5. The Hall–Kier alpha value is -1.24. The van der Waals surface area contributed by atoms with Crippen molar-refractivity contribution in [3.8, 4) is 0 Å². The highest BCUT2D eigenvalue weighted by molar-refractivity contribution is 5.51. The predicted molar refractivity (Wildman–Crippen MR) is 98.1 cm³/mol. The molecular formula is C19H30F2N4. The summed E-state index contributed by atoms with van der Waals surface area (Å²) in [4.78, 5) is 8.73. The van der Waals surface area contributed by atoms with Gasteiger partial charge in [-0.1, -0.05) is 0 Å². The van der Waals surface area contributed by atoms with Crippen LogP contribution in [0.5, 0.6) is 0 Å². The lowest BCUT2D eigenvalue weighted by Gasteiger charge is -2.38. The SMILES string of the molecule is CC(C)N1CCN(c2c(F)cc(CN3CCN(C)CC3)cc2F)CC1. The Morgan fingerprint density at radius 2 is 1.44 bits per heavy atom. The van der Waals surface area contributed by atoms with Crippen molar-refractivity contribution < 1.29 is 8.78 Å². The zero-order chi connectivity index (χ0) is 18.0. The van der Waals surface area contributed by atoms with E-state index in [-0.39, 0.29) is 5.69 Å². The second-order valence-electron chi connectivity index (χ2n) is 7.60. The second-order valence-corrected chi connectivity index (χ2v) is 7.60. The summed E-state index contributed by atoms with van der Waals surface area (Å²) in [5.41, 5.74) is 0.870. The molecule has 2 aliphatic rings. The van der Waals surface area contributed by atoms with Gasteiger partial charge in [0, 0.05) is 64.9 Å². The van der Waals surface area contributed by atoms with Crippen LogP contribution in [-0.2, 0) is 6.54 Å². The number of rotatable bonds is 4. The lowest BCUT2D eigenvalue weighted by Crippen LogP contribution is -2.49. The Morgan fingerprint density at radius 3 is 1.96 bits per heavy atom. The highest BCUT2D eigenvalue weighted by Gasteiger charge is 2.24. The van der Waals surface area contributed by atoms with E-state index in [0.29, 0.717) is 25.7 Å². The zero-order valence-electron chi connectivity index (χ0n) is 15.6. The molecule has 6 heteroatoms. The van der Waals surface area contributed by atoms with Gasteiger partial charge in [-0.25, -0.2) is 8.78 Å². The number of benzene rings is 1. The molecule has 4 nitrogen and oxygen atoms in total. The van der Waals surface area contributed by atoms with Gasteiger partial charge in [0.2, 0.25) is 0 Å². The highest BCUT2D eigenvalue weighted by atomic mass is 19.1. The summed E-state index contributed by atoms with van der Waals surface area (Å²) in [6.07, 6.45) is 0. The van der Waals surface area contributed by atoms with Crippen molar-refractivity contribution in [3.63, 3.8) is 0 Å². The molecule has 0 aliphatic carbocycles. The van der Waals surface area contributed by atoms with Crippen molar-refractivity contribution in [2.75, 3.05) is 64.3 Å². The van der Waals surface area contributed by atoms with Crippen LogP contribution in [0, 0.1) is 11.6 Å². The zero-order valence-corrected chi connectivity index (χ0v) is 15.6. The molecule has 1 aromatic carbocycles. The third kappa shape index (κ3) is 4.49. The minimum Gasteiger partial charge on any atom is -0.364 e. The van der Waals surface area contributed by atoms with Gasteiger partial charge in [-0.2, -0.15) is 0 Å². The minimum absolute atomic E-state index is 0.144. The number of hydrogen-bond acceptors (Lipinski definition) is 4. The normalized spacial score (nSPS) is 21.3. The topological polar surface area (TPSA) is 13.0 Å². The van der Waals surface area contributed by atoms with Crippen molar-refractivity contribution in [1.82, 2.24) is 14.7 Å². The summed E-state index contributed by atoms with van der Waals surface area (Å²) < 4.78 is 29.3. The van der Waals surface area contributed by atoms with Crippen molar-refractivity contribution >= 4 is 5.69 Å². The van der Waals surface area contributed by atoms with E-state index in [2.05, 4.69) is 35.6 Å². The lowest BCUT2D eigenvalue weighted by atomic mass is 10.1. The highest BCUT2D eigenvalue weighted by Crippen LogP contribution is 2.27. The third-order valence-electron chi connectivity index (χ3n) is 5.44. The van der Waals surface area contributed by atoms with Crippen molar-refractivity contribution in [2.24, 2.45) is 0 Å². The molecule has 0 amide bonds. The van der Waals surface area contributed by atoms with Gasteiger partial charge in [0.15, 0.2) is 0 Å². The van der Waals surface area contributed by atoms with Gasteiger partial charge < -0.3 is 9.80 Å². The van der Waals surface area contributed by atoms with Gasteiger partial charge in [0.1, 0.15) is 17.3 Å². The largest absolute Gasteiger partial charge is 0.364 e. The fraction of sp³-hybridized carbons (Fsp3) is 0.684. The molecule has 0 bridgehead atoms. The first-order chi connectivity index (χ1) is 11.9. The Balaban J connectivity index is 1.66. The maximum Gasteiger partial charge on any atom is 0.149 e. The summed E-state index contributed by atoms with van der Waals surface area (Å²) in [5, 5.41) is 0. The van der Waals surface area contributed by atoms with Crippen molar-refractivity contribution in [3.05, 3.63) is 29.3 Å². The summed E-state index contributed by atoms with van der Waals surface area (Å²) in [7, 11) is 2.10. The molecule has 2 fully saturated rings. The van der Waals surface area contributed by atoms with E-state index in [1.165, 1.54) is 12.1 Å². The predicted octanol–water partition coefficient (Wildman–Crippen LogP) is 2.24. The fourth-order valence-electron chi connectivity index (χ4n) is 3.74. The number of hydrogen-bond donors (Lipinski definition) is 0. The molecule has 0 N–H and O–H groups in total. The second kappa shape index (κ2) is 7.98. The quantitative estimate of drug-likeness (QED) is 0.824. The van der Waals surface area contributed by atoms with Crippen LogP contribution in [0.1, 0.15) is 19.4 Å². The Bertz CT molecular complexity index is 554. The number of anilines is 1. The molecule has 0 unspecified atom stereocenters. The average molecular weight is 352 g/mol. The fourth-order valence-corrected chi connectivity index (χ4v) is 3.74. The first-order valence-electron chi connectivity index (χ1n) is 9.32. The van der Waals surface area contributed by atoms with Crippen LogP contribution >= 0.6 is 0 Å². The van der Waals surface area contributed by atoms with Gasteiger partial charge in [0.05, 0.1) is 0 Å². The summed E-state index contributed by atoms with van der Waals surface area (Å²) in [6, 6.07) is 3.51. The van der Waals surface area contributed by atoms with E-state index in [9.17, 15) is 8.78 Å². The number of piperazine rings is 2. The van der Waals surface area contributed by atoms with Gasteiger partial charge in [-0.15, -0.1) is 0 Å². The average Bonchev–Trinajstić information content (AvgIpc) is 2.57. The Kier molecular flexibility index (Phi) is 5.92. The van der Waals surface area contributed by atoms with Crippen LogP contribution in [0.15, 0.2) is 12.1 Å². The van der Waals surface area contributed by atoms with Crippen LogP contribution in [0.25, 0.3) is 0 Å². The first-order valence-corrected chi connectivity index (χ1v) is 9.32. The van der Waals surface area contributed by atoms with E-state index in [1.807, 2.05) is 4.90 Å². The van der Waals surface area contributed by atoms with Crippen molar-refractivity contribution in [1.29, 1.82) is 0 Å². The van der Waals surface area contributed by atoms with E-state index < -0.39 is 11.6 Å². The van der Waals surface area contributed by atoms with Crippen LogP contribution in [0.4, 0.5) is 14.5 Å². The molecule has 0 spiro atoms. The van der Waals surface area contributed by atoms with E-state index in [4.69, 9.17) is 0 Å². The van der Waals surface area contributed by atoms with Crippen LogP contribution in [0.2, 0.25) is 0 Å². The summed E-state index contributed by atoms with van der Waals surface area (Å²) >= 11 is 0. The van der Waals surface area contributed by atoms with Crippen LogP contribution < -0.4 is 4.90 Å². The molecule has 140 valence electrons. The van der Waals surface area contributed by atoms with Gasteiger partial charge >= 0.3 is 0 Å². The molecule has 2 aliphatic heterocycles. The molecule has 0 aromatic heterocycles. The molecule has 0 saturated carbocycles. The molecule has 0 atom stereocenters. The number of halogens is 2. The lowest BCUT2D eigenvalue weighted by molar-refractivity contribution is 0.148. The Labute approximate surface area is 150 Å². The smallest absolute Gasteiger partial charge is 0.149 e. The monoisotopic (exact) mass is 352 g/mol. The van der Waals surface area contributed by atoms with E-state index in [0.717, 1.165) is 44.8 Å². The standard InChI is InChI=1S/C19H30F2N4/c1-15(2)24-8-10-25(11-9-24)19-17(20)12-16(13-18(19)21)14-23-6-4-22(3)5-7-23/h12-13,15H,4-11,14H2,1-3H3. The molecule has 25 heavy (non-hydrogen) atoms. The molecule has 0 radical (unpaired) electrons. The van der Waals surface area contributed by atoms with Gasteiger partial charge in [-0.3, -0.25) is 9.80 Å². The van der Waals surface area contributed by atoms with Gasteiger partial charge in [-0.05, 0) is 38.6 Å². The van der Waals surface area contributed by atoms with E-state index in [1.54, 1.807) is 0 Å². The molecule has 2 heterocycles. The molecule has 3 rings (SSSR count). The van der Waals surface area contributed by atoms with Crippen LogP contribution in [0.3, 0.4) is 0 Å². The Morgan fingerprint density at radius 1 is 0.880 bits per heavy atom. The number of nitrogens with zero attached hydrogens (tertiary/aromatic N) is 4. The van der Waals surface area contributed by atoms with Crippen LogP contribution in [-0.4, -0.2) is 80.1 Å². The number of likely N-dealkylation sites (N-methyl/N-ethyl adjacent to an activating group) is 1. The van der Waals surface area contributed by atoms with E-state index >= 15 is 0 Å². The molecular weight excluding hydrogens is 322 g/mol. The molecule has 1 aromatic rings. The summed E-state index contributed by atoms with van der Waals surface area (Å²) in [6.45, 7) is 11.9. The van der Waals surface area contributed by atoms with Gasteiger partial charge in [0.25, 0.3) is 0 Å². The third-order valence-corrected chi connectivity index (χ3v) is 5.44. The molecule has 2 saturated heterocycles. The minimum atomic E-state index is -0.429. The maximum absolute atomic E-state index is 14.6. The maximum atomic E-state index is 14.6. The van der Waals surface area contributed by atoms with Crippen molar-refractivity contribution in [2.45, 2.75) is 26.4 Å². The summed E-state index contributed by atoms with van der Waals surface area (Å²) in [5.74, 6) is -0.857.